The lowest BCUT2D eigenvalue weighted by atomic mass is 10.0. The van der Waals surface area contributed by atoms with Crippen molar-refractivity contribution in [1.29, 1.82) is 0 Å². The Morgan fingerprint density at radius 2 is 2.13 bits per heavy atom. The second-order valence-corrected chi connectivity index (χ2v) is 4.43. The second-order valence-electron chi connectivity index (χ2n) is 3.65. The van der Waals surface area contributed by atoms with Crippen LogP contribution < -0.4 is 5.73 Å². The van der Waals surface area contributed by atoms with Crippen LogP contribution in [-0.4, -0.2) is 0 Å². The third-order valence-corrected chi connectivity index (χ3v) is 3.29. The van der Waals surface area contributed by atoms with Crippen molar-refractivity contribution in [3.05, 3.63) is 46.7 Å². The Kier molecular flexibility index (Phi) is 3.19. The van der Waals surface area contributed by atoms with Crippen molar-refractivity contribution in [2.24, 2.45) is 5.73 Å². The summed E-state index contributed by atoms with van der Waals surface area (Å²) in [5.41, 5.74) is 9.79. The van der Waals surface area contributed by atoms with Crippen LogP contribution in [0.2, 0.25) is 0 Å². The van der Waals surface area contributed by atoms with E-state index in [4.69, 9.17) is 5.73 Å². The fraction of sp³-hybridized carbons (Fsp3) is 0.231. The van der Waals surface area contributed by atoms with E-state index in [0.29, 0.717) is 0 Å². The van der Waals surface area contributed by atoms with E-state index >= 15 is 0 Å². The monoisotopic (exact) mass is 217 g/mol. The van der Waals surface area contributed by atoms with Crippen molar-refractivity contribution in [3.8, 4) is 11.1 Å². The molecule has 0 amide bonds. The zero-order valence-electron chi connectivity index (χ0n) is 8.81. The zero-order valence-corrected chi connectivity index (χ0v) is 9.63. The van der Waals surface area contributed by atoms with Crippen LogP contribution in [0.5, 0.6) is 0 Å². The van der Waals surface area contributed by atoms with Crippen LogP contribution in [0.15, 0.2) is 41.1 Å². The maximum Gasteiger partial charge on any atom is 0.0292 e. The molecule has 2 aromatic rings. The number of hydrogen-bond acceptors (Lipinski definition) is 2. The number of rotatable bonds is 3. The van der Waals surface area contributed by atoms with Crippen molar-refractivity contribution >= 4 is 11.3 Å². The van der Waals surface area contributed by atoms with E-state index < -0.39 is 0 Å². The molecule has 78 valence electrons. The smallest absolute Gasteiger partial charge is 0.0292 e. The van der Waals surface area contributed by atoms with Gasteiger partial charge in [0.25, 0.3) is 0 Å². The molecule has 1 aromatic carbocycles. The van der Waals surface area contributed by atoms with Crippen molar-refractivity contribution in [3.63, 3.8) is 0 Å². The van der Waals surface area contributed by atoms with Gasteiger partial charge in [-0.25, -0.2) is 0 Å². The molecule has 1 aromatic heterocycles. The highest BCUT2D eigenvalue weighted by Gasteiger charge is 2.04. The minimum absolute atomic E-state index is 0.156. The standard InChI is InChI=1S/C13H15NS/c1-2-13(14)11-5-3-4-10(8-11)12-6-7-15-9-12/h3-9,13H,2,14H2,1H3. The molecule has 15 heavy (non-hydrogen) atoms. The van der Waals surface area contributed by atoms with Gasteiger partial charge in [0.15, 0.2) is 0 Å². The first kappa shape index (κ1) is 10.4. The topological polar surface area (TPSA) is 26.0 Å². The molecule has 2 rings (SSSR count). The summed E-state index contributed by atoms with van der Waals surface area (Å²) >= 11 is 1.72. The quantitative estimate of drug-likeness (QED) is 0.831. The van der Waals surface area contributed by atoms with Crippen LogP contribution in [0.1, 0.15) is 24.9 Å². The molecule has 0 saturated carbocycles. The van der Waals surface area contributed by atoms with E-state index in [-0.39, 0.29) is 6.04 Å². The summed E-state index contributed by atoms with van der Waals surface area (Å²) in [6.07, 6.45) is 0.979. The van der Waals surface area contributed by atoms with E-state index in [1.807, 2.05) is 0 Å². The molecular weight excluding hydrogens is 202 g/mol. The van der Waals surface area contributed by atoms with Gasteiger partial charge in [0.1, 0.15) is 0 Å². The Morgan fingerprint density at radius 1 is 1.27 bits per heavy atom. The SMILES string of the molecule is CCC(N)c1cccc(-c2ccsc2)c1. The Morgan fingerprint density at radius 3 is 2.80 bits per heavy atom. The van der Waals surface area contributed by atoms with Crippen molar-refractivity contribution < 1.29 is 0 Å². The van der Waals surface area contributed by atoms with Gasteiger partial charge in [0.05, 0.1) is 0 Å². The lowest BCUT2D eigenvalue weighted by Crippen LogP contribution is -2.08. The Bertz CT molecular complexity index is 420. The van der Waals surface area contributed by atoms with E-state index in [1.165, 1.54) is 16.7 Å². The van der Waals surface area contributed by atoms with Gasteiger partial charge in [-0.3, -0.25) is 0 Å². The summed E-state index contributed by atoms with van der Waals surface area (Å²) < 4.78 is 0. The molecular formula is C13H15NS. The highest BCUT2D eigenvalue weighted by molar-refractivity contribution is 7.08. The van der Waals surface area contributed by atoms with Gasteiger partial charge in [-0.15, -0.1) is 0 Å². The van der Waals surface area contributed by atoms with E-state index in [9.17, 15) is 0 Å². The maximum atomic E-state index is 6.02. The van der Waals surface area contributed by atoms with Gasteiger partial charge in [-0.05, 0) is 46.0 Å². The average Bonchev–Trinajstić information content (AvgIpc) is 2.82. The van der Waals surface area contributed by atoms with E-state index in [2.05, 4.69) is 48.0 Å². The first-order valence-electron chi connectivity index (χ1n) is 5.19. The first-order chi connectivity index (χ1) is 7.31. The van der Waals surface area contributed by atoms with Crippen LogP contribution in [0.25, 0.3) is 11.1 Å². The van der Waals surface area contributed by atoms with Crippen LogP contribution in [-0.2, 0) is 0 Å². The van der Waals surface area contributed by atoms with Crippen molar-refractivity contribution in [2.45, 2.75) is 19.4 Å². The molecule has 2 N–H and O–H groups in total. The summed E-state index contributed by atoms with van der Waals surface area (Å²) in [5, 5.41) is 4.26. The first-order valence-corrected chi connectivity index (χ1v) is 6.13. The molecule has 1 unspecified atom stereocenters. The largest absolute Gasteiger partial charge is 0.324 e. The van der Waals surface area contributed by atoms with Gasteiger partial charge in [0.2, 0.25) is 0 Å². The van der Waals surface area contributed by atoms with Gasteiger partial charge < -0.3 is 5.73 Å². The van der Waals surface area contributed by atoms with Gasteiger partial charge >= 0.3 is 0 Å². The Hall–Kier alpha value is -1.12. The molecule has 0 aliphatic carbocycles. The summed E-state index contributed by atoms with van der Waals surface area (Å²) in [4.78, 5) is 0. The lowest BCUT2D eigenvalue weighted by Gasteiger charge is -2.10. The summed E-state index contributed by atoms with van der Waals surface area (Å²) in [5.74, 6) is 0. The summed E-state index contributed by atoms with van der Waals surface area (Å²) in [6, 6.07) is 10.8. The predicted octanol–water partition coefficient (Wildman–Crippen LogP) is 3.82. The lowest BCUT2D eigenvalue weighted by molar-refractivity contribution is 0.699. The number of hydrogen-bond donors (Lipinski definition) is 1. The van der Waals surface area contributed by atoms with Crippen molar-refractivity contribution in [1.82, 2.24) is 0 Å². The molecule has 1 nitrogen and oxygen atoms in total. The number of nitrogens with two attached hydrogens (primary N) is 1. The molecule has 0 radical (unpaired) electrons. The van der Waals surface area contributed by atoms with Gasteiger partial charge in [-0.2, -0.15) is 11.3 Å². The van der Waals surface area contributed by atoms with Crippen molar-refractivity contribution in [2.75, 3.05) is 0 Å². The van der Waals surface area contributed by atoms with E-state index in [0.717, 1.165) is 6.42 Å². The second kappa shape index (κ2) is 4.60. The van der Waals surface area contributed by atoms with E-state index in [1.54, 1.807) is 11.3 Å². The molecule has 0 bridgehead atoms. The molecule has 0 aliphatic heterocycles. The van der Waals surface area contributed by atoms with Crippen LogP contribution >= 0.6 is 11.3 Å². The van der Waals surface area contributed by atoms with Crippen LogP contribution in [0.3, 0.4) is 0 Å². The molecule has 0 saturated heterocycles. The number of thiophene rings is 1. The third kappa shape index (κ3) is 2.28. The highest BCUT2D eigenvalue weighted by atomic mass is 32.1. The minimum Gasteiger partial charge on any atom is -0.324 e. The Labute approximate surface area is 94.6 Å². The molecule has 1 heterocycles. The van der Waals surface area contributed by atoms with Crippen LogP contribution in [0.4, 0.5) is 0 Å². The Balaban J connectivity index is 2.35. The molecule has 0 aliphatic rings. The minimum atomic E-state index is 0.156. The van der Waals surface area contributed by atoms with Gasteiger partial charge in [-0.1, -0.05) is 25.1 Å². The molecule has 0 spiro atoms. The van der Waals surface area contributed by atoms with Gasteiger partial charge in [0, 0.05) is 6.04 Å². The predicted molar refractivity (Wildman–Crippen MR) is 67.0 cm³/mol. The highest BCUT2D eigenvalue weighted by Crippen LogP contribution is 2.25. The summed E-state index contributed by atoms with van der Waals surface area (Å²) in [7, 11) is 0. The molecule has 2 heteroatoms. The molecule has 0 fully saturated rings. The van der Waals surface area contributed by atoms with Crippen LogP contribution in [0, 0.1) is 0 Å². The molecule has 1 atom stereocenters. The maximum absolute atomic E-state index is 6.02. The third-order valence-electron chi connectivity index (χ3n) is 2.61. The average molecular weight is 217 g/mol. The normalized spacial score (nSPS) is 12.7. The summed E-state index contributed by atoms with van der Waals surface area (Å²) in [6.45, 7) is 2.11. The fourth-order valence-electron chi connectivity index (χ4n) is 1.61. The zero-order chi connectivity index (χ0) is 10.7. The number of benzene rings is 1. The fourth-order valence-corrected chi connectivity index (χ4v) is 2.28.